The lowest BCUT2D eigenvalue weighted by atomic mass is 9.94. The molecule has 15 N–H and O–H groups in total. The summed E-state index contributed by atoms with van der Waals surface area (Å²) in [5.74, 6) is -0.365. The summed E-state index contributed by atoms with van der Waals surface area (Å²) in [6, 6.07) is 64.5. The van der Waals surface area contributed by atoms with Gasteiger partial charge < -0.3 is 49.7 Å². The van der Waals surface area contributed by atoms with E-state index in [4.69, 9.17) is 87.7 Å². The first kappa shape index (κ1) is 90.7. The topological polar surface area (TPSA) is 449 Å². The Labute approximate surface area is 771 Å². The Morgan fingerprint density at radius 1 is 0.371 bits per heavy atom. The Balaban J connectivity index is 0.000000135. The van der Waals surface area contributed by atoms with Crippen LogP contribution in [-0.2, 0) is 29.2 Å². The van der Waals surface area contributed by atoms with Gasteiger partial charge in [0.15, 0.2) is 0 Å². The Bertz CT molecular complexity index is 7350. The molecular formula is C102H95Cl2N23O5. The molecule has 12 heterocycles. The van der Waals surface area contributed by atoms with Gasteiger partial charge in [-0.2, -0.15) is 15.3 Å². The number of nitrogens with two attached hydrogens (primary N) is 7. The summed E-state index contributed by atoms with van der Waals surface area (Å²) < 4.78 is 10.5. The van der Waals surface area contributed by atoms with Crippen LogP contribution in [0.3, 0.4) is 0 Å². The Morgan fingerprint density at radius 3 is 1.03 bits per heavy atom. The summed E-state index contributed by atoms with van der Waals surface area (Å²) in [6.07, 6.45) is 14.8. The number of amides is 3. The molecule has 0 aliphatic rings. The minimum atomic E-state index is -0.876. The summed E-state index contributed by atoms with van der Waals surface area (Å²) in [5.41, 5.74) is 70.3. The summed E-state index contributed by atoms with van der Waals surface area (Å²) in [6.45, 7) is 20.8. The highest BCUT2D eigenvalue weighted by Gasteiger charge is 2.26. The lowest BCUT2D eigenvalue weighted by Gasteiger charge is -2.16. The van der Waals surface area contributed by atoms with Crippen molar-refractivity contribution in [2.45, 2.75) is 107 Å². The van der Waals surface area contributed by atoms with Gasteiger partial charge in [0, 0.05) is 157 Å². The molecule has 0 fully saturated rings. The van der Waals surface area contributed by atoms with Crippen LogP contribution in [-0.4, -0.2) is 108 Å². The molecule has 0 unspecified atom stereocenters. The Morgan fingerprint density at radius 2 is 0.697 bits per heavy atom. The molecule has 30 heteroatoms. The number of rotatable bonds is 21. The van der Waals surface area contributed by atoms with Crippen molar-refractivity contribution in [2.24, 2.45) is 17.2 Å². The molecule has 0 aliphatic heterocycles. The van der Waals surface area contributed by atoms with Crippen molar-refractivity contribution in [2.75, 3.05) is 22.9 Å². The van der Waals surface area contributed by atoms with E-state index in [-0.39, 0.29) is 42.3 Å². The fourth-order valence-electron chi connectivity index (χ4n) is 15.2. The van der Waals surface area contributed by atoms with Gasteiger partial charge in [0.2, 0.25) is 11.8 Å². The van der Waals surface area contributed by atoms with E-state index in [9.17, 15) is 19.5 Å². The normalized spacial score (nSPS) is 11.2. The quantitative estimate of drug-likeness (QED) is 0.0310. The van der Waals surface area contributed by atoms with Crippen molar-refractivity contribution >= 4 is 86.0 Å². The predicted octanol–water partition coefficient (Wildman–Crippen LogP) is 18.9. The molecule has 0 bridgehead atoms. The molecule has 0 aliphatic carbocycles. The highest BCUT2D eigenvalue weighted by Crippen LogP contribution is 2.44. The number of pyridine rings is 8. The van der Waals surface area contributed by atoms with Crippen LogP contribution in [0.4, 0.5) is 23.3 Å². The molecule has 0 spiro atoms. The molecular weight excluding hydrogens is 1700 g/mol. The number of aliphatic hydroxyl groups is 1. The second-order valence-electron chi connectivity index (χ2n) is 33.0. The number of halogens is 2. The zero-order valence-electron chi connectivity index (χ0n) is 74.2. The smallest absolute Gasteiger partial charge is 0.306 e. The maximum Gasteiger partial charge on any atom is 0.306 e. The van der Waals surface area contributed by atoms with Gasteiger partial charge in [-0.3, -0.25) is 38.4 Å². The second-order valence-corrected chi connectivity index (χ2v) is 33.8. The average Bonchev–Trinajstić information content (AvgIpc) is 0.861. The van der Waals surface area contributed by atoms with Crippen molar-refractivity contribution < 1.29 is 23.9 Å². The van der Waals surface area contributed by atoms with Crippen molar-refractivity contribution in [3.8, 4) is 134 Å². The number of carbonyl (C=O) groups is 3. The predicted molar refractivity (Wildman–Crippen MR) is 522 cm³/mol. The molecule has 18 aromatic rings. The van der Waals surface area contributed by atoms with Crippen LogP contribution >= 0.6 is 23.2 Å². The number of anilines is 4. The third kappa shape index (κ3) is 21.4. The van der Waals surface area contributed by atoms with Crippen molar-refractivity contribution in [1.29, 1.82) is 0 Å². The van der Waals surface area contributed by atoms with Crippen LogP contribution in [0.25, 0.3) is 156 Å². The first-order valence-electron chi connectivity index (χ1n) is 42.2. The van der Waals surface area contributed by atoms with E-state index in [0.29, 0.717) is 58.7 Å². The number of nitrogens with zero attached hydrogens (tertiary/aromatic N) is 16. The molecule has 0 saturated heterocycles. The summed E-state index contributed by atoms with van der Waals surface area (Å²) in [5, 5.41) is 33.8. The number of hydrogen-bond acceptors (Lipinski definition) is 22. The maximum atomic E-state index is 11.4. The molecule has 18 rings (SSSR count). The van der Waals surface area contributed by atoms with E-state index in [1.54, 1.807) is 52.7 Å². The van der Waals surface area contributed by atoms with Crippen molar-refractivity contribution in [3.63, 3.8) is 0 Å². The first-order valence-corrected chi connectivity index (χ1v) is 43.0. The molecule has 0 radical (unpaired) electrons. The number of aromatic nitrogens is 16. The third-order valence-corrected chi connectivity index (χ3v) is 22.3. The number of hydrogen-bond donors (Lipinski definition) is 8. The van der Waals surface area contributed by atoms with E-state index < -0.39 is 11.5 Å². The summed E-state index contributed by atoms with van der Waals surface area (Å²) in [4.78, 5) is 70.3. The number of nitrogen functional groups attached to an aromatic ring is 4. The Hall–Kier alpha value is -16.0. The molecule has 0 saturated carbocycles. The zero-order chi connectivity index (χ0) is 93.5. The summed E-state index contributed by atoms with van der Waals surface area (Å²) >= 11 is 12.5. The first-order chi connectivity index (χ1) is 63.2. The van der Waals surface area contributed by atoms with Gasteiger partial charge in [-0.25, -0.2) is 29.9 Å². The van der Waals surface area contributed by atoms with E-state index in [1.165, 1.54) is 11.1 Å². The molecule has 132 heavy (non-hydrogen) atoms. The number of benzene rings is 6. The summed E-state index contributed by atoms with van der Waals surface area (Å²) in [7, 11) is 0. The van der Waals surface area contributed by atoms with Gasteiger partial charge in [0.05, 0.1) is 70.1 Å². The second kappa shape index (κ2) is 38.9. The monoisotopic (exact) mass is 1790 g/mol. The van der Waals surface area contributed by atoms with Crippen LogP contribution in [0.2, 0.25) is 10.3 Å². The third-order valence-electron chi connectivity index (χ3n) is 21.9. The fraction of sp³-hybridized carbons (Fsp3) is 0.157. The van der Waals surface area contributed by atoms with E-state index >= 15 is 0 Å². The van der Waals surface area contributed by atoms with Crippen LogP contribution in [0.1, 0.15) is 82.1 Å². The van der Waals surface area contributed by atoms with Gasteiger partial charge in [0.25, 0.3) is 5.89 Å². The number of primary amides is 3. The van der Waals surface area contributed by atoms with Gasteiger partial charge in [-0.05, 0) is 188 Å². The number of aryl methyl sites for hydroxylation is 10. The van der Waals surface area contributed by atoms with Gasteiger partial charge >= 0.3 is 11.8 Å². The Kier molecular flexibility index (Phi) is 26.7. The highest BCUT2D eigenvalue weighted by atomic mass is 35.5. The SMILES string of the molecule is Cc1ccc(-c2nc(N)c(-c3cnn(CC(C)(C)O)c3)cc2-c2cc(C)nc(Cl)c2)cc1.Cc1ccc(-c2nc(N)c(-c3cnn(CCC(N)=O)c3)cc2-c2cc(C)nc(Cl)c2)cc1.Cc1ccc(-c2nc(N)c(-c3cnn(CCC(N)=O)c3)cc2-c2ccc3nccc(C)c3c2)cc1.Cc1ccc(-c2nc(N)c(-c3nnc(C(N)=O)o3)cc2-c2ccc3nccc(C)c3c2)cc1. The lowest BCUT2D eigenvalue weighted by molar-refractivity contribution is -0.119. The lowest BCUT2D eigenvalue weighted by Crippen LogP contribution is -2.26. The van der Waals surface area contributed by atoms with E-state index in [2.05, 4.69) is 120 Å². The number of carbonyl (C=O) groups excluding carboxylic acids is 3. The van der Waals surface area contributed by atoms with Crippen LogP contribution in [0.5, 0.6) is 0 Å². The molecule has 0 atom stereocenters. The van der Waals surface area contributed by atoms with Crippen LogP contribution in [0.15, 0.2) is 248 Å². The fourth-order valence-corrected chi connectivity index (χ4v) is 15.7. The standard InChI is InChI=1S/C28H26N6O.C25H26ClN5O.C25H20N6O2.C24H23ClN6O/c1-17-3-5-19(6-4-17)27-23(20-7-8-25-22(13-20)18(2)9-11-31-25)14-24(28(30)33-27)21-15-32-34(16-21)12-10-26(29)35;1-15-5-7-17(8-6-15)23-20(18-9-16(2)29-22(26)10-18)11-21(24(27)30-23)19-12-28-31(13-19)14-25(3,4)32;1-13-3-5-15(6-4-13)21-18(16-7-8-20-17(11-16)14(2)9-10-28-20)12-19(22(26)29-21)24-30-31-25(33-24)23(27)32;1-14-3-5-16(6-4-14)23-19(17-9-15(2)29-21(25)10-17)11-20(24(27)30-23)18-12-28-31(13-18)8-7-22(26)32/h3-9,11,13-16H,10,12H2,1-2H3,(H2,29,35)(H2,30,33);5-13,32H,14H2,1-4H3,(H2,27,30);3-12H,1-2H3,(H2,26,29)(H2,27,32);3-6,9-13H,7-8H2,1-2H3,(H2,26,32)(H2,27,30). The molecule has 6 aromatic carbocycles. The van der Waals surface area contributed by atoms with Gasteiger partial charge in [-0.1, -0.05) is 155 Å². The molecule has 28 nitrogen and oxygen atoms in total. The van der Waals surface area contributed by atoms with E-state index in [0.717, 1.165) is 173 Å². The minimum Gasteiger partial charge on any atom is -0.412 e. The molecule has 3 amide bonds. The molecule has 662 valence electrons. The maximum absolute atomic E-state index is 11.4. The average molecular weight is 1790 g/mol. The minimum absolute atomic E-state index is 0.0733. The number of fused-ring (bicyclic) bond motifs is 2. The van der Waals surface area contributed by atoms with Crippen molar-refractivity contribution in [3.05, 3.63) is 305 Å². The highest BCUT2D eigenvalue weighted by molar-refractivity contribution is 6.30. The van der Waals surface area contributed by atoms with E-state index in [1.807, 2.05) is 200 Å². The largest absolute Gasteiger partial charge is 0.412 e. The van der Waals surface area contributed by atoms with Crippen molar-refractivity contribution in [1.82, 2.24) is 79.4 Å². The van der Waals surface area contributed by atoms with Crippen LogP contribution in [0, 0.1) is 55.4 Å². The van der Waals surface area contributed by atoms with Gasteiger partial charge in [-0.15, -0.1) is 10.2 Å². The van der Waals surface area contributed by atoms with Crippen LogP contribution < -0.4 is 40.1 Å². The molecule has 12 aromatic heterocycles. The van der Waals surface area contributed by atoms with Gasteiger partial charge in [0.1, 0.15) is 33.6 Å². The zero-order valence-corrected chi connectivity index (χ0v) is 75.7.